The molecule has 6 heteroatoms. The van der Waals surface area contributed by atoms with Crippen LogP contribution in [0.25, 0.3) is 0 Å². The molecule has 0 spiro atoms. The van der Waals surface area contributed by atoms with E-state index in [1.807, 2.05) is 10.9 Å². The first-order chi connectivity index (χ1) is 10.6. The molecule has 23 heavy (non-hydrogen) atoms. The first-order valence-corrected chi connectivity index (χ1v) is 7.84. The molecule has 1 aliphatic heterocycles. The average Bonchev–Trinajstić information content (AvgIpc) is 2.93. The van der Waals surface area contributed by atoms with Crippen LogP contribution in [-0.4, -0.2) is 39.9 Å². The van der Waals surface area contributed by atoms with Gasteiger partial charge in [-0.15, -0.1) is 12.4 Å². The molecular weight excluding hydrogens is 315 g/mol. The van der Waals surface area contributed by atoms with Crippen molar-refractivity contribution >= 4 is 12.4 Å². The van der Waals surface area contributed by atoms with Crippen LogP contribution < -0.4 is 5.32 Å². The molecule has 2 heterocycles. The summed E-state index contributed by atoms with van der Waals surface area (Å²) in [5, 5.41) is 7.88. The van der Waals surface area contributed by atoms with Crippen molar-refractivity contribution in [3.05, 3.63) is 53.6 Å². The Morgan fingerprint density at radius 2 is 1.74 bits per heavy atom. The van der Waals surface area contributed by atoms with Crippen molar-refractivity contribution in [1.82, 2.24) is 20.0 Å². The number of halogens is 2. The quantitative estimate of drug-likeness (QED) is 0.930. The van der Waals surface area contributed by atoms with Crippen LogP contribution in [0.2, 0.25) is 0 Å². The van der Waals surface area contributed by atoms with Crippen molar-refractivity contribution in [3.63, 3.8) is 0 Å². The minimum Gasteiger partial charge on any atom is -0.314 e. The first kappa shape index (κ1) is 17.9. The SMILES string of the molecule is C[C@@H]1CNC[C@H](C)N1Cc1cnn(Cc2ccc(F)cc2)c1.Cl. The van der Waals surface area contributed by atoms with Crippen LogP contribution in [-0.2, 0) is 13.1 Å². The zero-order chi connectivity index (χ0) is 15.5. The van der Waals surface area contributed by atoms with Gasteiger partial charge in [-0.2, -0.15) is 5.10 Å². The van der Waals surface area contributed by atoms with Gasteiger partial charge < -0.3 is 5.32 Å². The number of piperazine rings is 1. The molecular formula is C17H24ClFN4. The molecule has 1 aromatic heterocycles. The number of aromatic nitrogens is 2. The Kier molecular flexibility index (Phi) is 6.16. The predicted octanol–water partition coefficient (Wildman–Crippen LogP) is 2.67. The Balaban J connectivity index is 0.00000192. The summed E-state index contributed by atoms with van der Waals surface area (Å²) in [7, 11) is 0. The summed E-state index contributed by atoms with van der Waals surface area (Å²) in [6, 6.07) is 7.65. The van der Waals surface area contributed by atoms with Gasteiger partial charge in [-0.1, -0.05) is 12.1 Å². The molecule has 126 valence electrons. The van der Waals surface area contributed by atoms with Crippen molar-refractivity contribution in [2.45, 2.75) is 39.0 Å². The van der Waals surface area contributed by atoms with Gasteiger partial charge in [-0.3, -0.25) is 9.58 Å². The number of hydrogen-bond donors (Lipinski definition) is 1. The van der Waals surface area contributed by atoms with E-state index in [0.29, 0.717) is 18.6 Å². The lowest BCUT2D eigenvalue weighted by Gasteiger charge is -2.39. The summed E-state index contributed by atoms with van der Waals surface area (Å²) in [5.74, 6) is -0.202. The van der Waals surface area contributed by atoms with Gasteiger partial charge >= 0.3 is 0 Å². The molecule has 1 fully saturated rings. The van der Waals surface area contributed by atoms with Gasteiger partial charge in [0.25, 0.3) is 0 Å². The zero-order valence-corrected chi connectivity index (χ0v) is 14.4. The van der Waals surface area contributed by atoms with Crippen LogP contribution in [0.4, 0.5) is 4.39 Å². The molecule has 0 aliphatic carbocycles. The number of benzene rings is 1. The van der Waals surface area contributed by atoms with Crippen molar-refractivity contribution in [2.75, 3.05) is 13.1 Å². The van der Waals surface area contributed by atoms with Gasteiger partial charge in [0, 0.05) is 43.5 Å². The molecule has 4 nitrogen and oxygen atoms in total. The van der Waals surface area contributed by atoms with Gasteiger partial charge in [0.2, 0.25) is 0 Å². The molecule has 1 aliphatic rings. The average molecular weight is 339 g/mol. The second-order valence-corrected chi connectivity index (χ2v) is 6.20. The molecule has 0 saturated carbocycles. The predicted molar refractivity (Wildman–Crippen MR) is 92.3 cm³/mol. The Morgan fingerprint density at radius 1 is 1.09 bits per heavy atom. The van der Waals surface area contributed by atoms with Gasteiger partial charge in [-0.05, 0) is 31.5 Å². The Hall–Kier alpha value is -1.43. The largest absolute Gasteiger partial charge is 0.314 e. The molecule has 1 N–H and O–H groups in total. The first-order valence-electron chi connectivity index (χ1n) is 7.84. The third-order valence-corrected chi connectivity index (χ3v) is 4.32. The Morgan fingerprint density at radius 3 is 2.39 bits per heavy atom. The molecule has 1 saturated heterocycles. The smallest absolute Gasteiger partial charge is 0.123 e. The summed E-state index contributed by atoms with van der Waals surface area (Å²) in [6.45, 7) is 8.18. The standard InChI is InChI=1S/C17H23FN4.ClH/c1-13-7-19-8-14(2)22(13)12-16-9-20-21(11-16)10-15-3-5-17(18)6-4-15;/h3-6,9,11,13-14,19H,7-8,10,12H2,1-2H3;1H/t13-,14+;. The molecule has 1 aromatic carbocycles. The fourth-order valence-electron chi connectivity index (χ4n) is 3.04. The fourth-order valence-corrected chi connectivity index (χ4v) is 3.04. The van der Waals surface area contributed by atoms with E-state index in [2.05, 4.69) is 35.4 Å². The molecule has 0 bridgehead atoms. The third-order valence-electron chi connectivity index (χ3n) is 4.32. The number of nitrogens with one attached hydrogen (secondary N) is 1. The molecule has 3 rings (SSSR count). The normalized spacial score (nSPS) is 21.9. The monoisotopic (exact) mass is 338 g/mol. The van der Waals surface area contributed by atoms with E-state index in [4.69, 9.17) is 0 Å². The Bertz CT molecular complexity index is 603. The van der Waals surface area contributed by atoms with Crippen molar-refractivity contribution in [2.24, 2.45) is 0 Å². The van der Waals surface area contributed by atoms with Crippen LogP contribution in [0.15, 0.2) is 36.7 Å². The molecule has 0 amide bonds. The van der Waals surface area contributed by atoms with Crippen LogP contribution in [0, 0.1) is 5.82 Å². The summed E-state index contributed by atoms with van der Waals surface area (Å²) in [5.41, 5.74) is 2.28. The maximum Gasteiger partial charge on any atom is 0.123 e. The van der Waals surface area contributed by atoms with Crippen molar-refractivity contribution in [1.29, 1.82) is 0 Å². The van der Waals surface area contributed by atoms with Crippen LogP contribution >= 0.6 is 12.4 Å². The van der Waals surface area contributed by atoms with Crippen LogP contribution in [0.1, 0.15) is 25.0 Å². The van der Waals surface area contributed by atoms with E-state index in [-0.39, 0.29) is 18.2 Å². The van der Waals surface area contributed by atoms with E-state index in [1.54, 1.807) is 12.1 Å². The highest BCUT2D eigenvalue weighted by atomic mass is 35.5. The van der Waals surface area contributed by atoms with E-state index >= 15 is 0 Å². The number of hydrogen-bond acceptors (Lipinski definition) is 3. The maximum atomic E-state index is 12.9. The third kappa shape index (κ3) is 4.53. The van der Waals surface area contributed by atoms with Crippen LogP contribution in [0.5, 0.6) is 0 Å². The lowest BCUT2D eigenvalue weighted by molar-refractivity contribution is 0.109. The minimum atomic E-state index is -0.202. The molecule has 0 radical (unpaired) electrons. The van der Waals surface area contributed by atoms with Crippen molar-refractivity contribution < 1.29 is 4.39 Å². The number of nitrogens with zero attached hydrogens (tertiary/aromatic N) is 3. The molecule has 2 aromatic rings. The summed E-state index contributed by atoms with van der Waals surface area (Å²) in [6.07, 6.45) is 4.02. The van der Waals surface area contributed by atoms with E-state index < -0.39 is 0 Å². The lowest BCUT2D eigenvalue weighted by atomic mass is 10.1. The second kappa shape index (κ2) is 7.90. The maximum absolute atomic E-state index is 12.9. The topological polar surface area (TPSA) is 33.1 Å². The van der Waals surface area contributed by atoms with Gasteiger partial charge in [0.05, 0.1) is 12.7 Å². The van der Waals surface area contributed by atoms with Gasteiger partial charge in [0.15, 0.2) is 0 Å². The lowest BCUT2D eigenvalue weighted by Crippen LogP contribution is -2.54. The highest BCUT2D eigenvalue weighted by molar-refractivity contribution is 5.85. The molecule has 0 unspecified atom stereocenters. The van der Waals surface area contributed by atoms with E-state index in [0.717, 1.165) is 25.2 Å². The van der Waals surface area contributed by atoms with Gasteiger partial charge in [0.1, 0.15) is 5.82 Å². The minimum absolute atomic E-state index is 0. The highest BCUT2D eigenvalue weighted by Crippen LogP contribution is 2.15. The van der Waals surface area contributed by atoms with Gasteiger partial charge in [-0.25, -0.2) is 4.39 Å². The highest BCUT2D eigenvalue weighted by Gasteiger charge is 2.24. The molecule has 2 atom stereocenters. The van der Waals surface area contributed by atoms with E-state index in [9.17, 15) is 4.39 Å². The second-order valence-electron chi connectivity index (χ2n) is 6.20. The summed E-state index contributed by atoms with van der Waals surface area (Å²) in [4.78, 5) is 2.51. The fraction of sp³-hybridized carbons (Fsp3) is 0.471. The van der Waals surface area contributed by atoms with Crippen molar-refractivity contribution in [3.8, 4) is 0 Å². The van der Waals surface area contributed by atoms with E-state index in [1.165, 1.54) is 17.7 Å². The zero-order valence-electron chi connectivity index (χ0n) is 13.6. The van der Waals surface area contributed by atoms with Crippen LogP contribution in [0.3, 0.4) is 0 Å². The number of rotatable bonds is 4. The Labute approximate surface area is 143 Å². The summed E-state index contributed by atoms with van der Waals surface area (Å²) >= 11 is 0. The summed E-state index contributed by atoms with van der Waals surface area (Å²) < 4.78 is 14.8.